The van der Waals surface area contributed by atoms with E-state index in [9.17, 15) is 0 Å². The van der Waals surface area contributed by atoms with Gasteiger partial charge >= 0.3 is 0 Å². The molecule has 0 saturated heterocycles. The SMILES string of the molecule is C(=C1\CC1CSc1ccccc1)/c1ccccc1. The lowest BCUT2D eigenvalue weighted by molar-refractivity contribution is 1.04. The van der Waals surface area contributed by atoms with Crippen molar-refractivity contribution in [3.05, 3.63) is 71.8 Å². The van der Waals surface area contributed by atoms with E-state index in [1.165, 1.54) is 22.6 Å². The van der Waals surface area contributed by atoms with Crippen molar-refractivity contribution >= 4 is 17.8 Å². The molecular weight excluding hydrogens is 236 g/mol. The molecule has 0 radical (unpaired) electrons. The Hall–Kier alpha value is -1.47. The van der Waals surface area contributed by atoms with Crippen LogP contribution in [0.3, 0.4) is 0 Å². The first-order valence-electron chi connectivity index (χ1n) is 6.35. The van der Waals surface area contributed by atoms with E-state index >= 15 is 0 Å². The number of hydrogen-bond acceptors (Lipinski definition) is 1. The molecule has 0 bridgehead atoms. The van der Waals surface area contributed by atoms with Crippen LogP contribution >= 0.6 is 11.8 Å². The third-order valence-electron chi connectivity index (χ3n) is 3.19. The molecule has 1 unspecified atom stereocenters. The number of benzene rings is 2. The Kier molecular flexibility index (Phi) is 3.51. The molecule has 1 aliphatic carbocycles. The van der Waals surface area contributed by atoms with Gasteiger partial charge in [-0.25, -0.2) is 0 Å². The number of hydrogen-bond donors (Lipinski definition) is 0. The molecule has 18 heavy (non-hydrogen) atoms. The van der Waals surface area contributed by atoms with Crippen LogP contribution in [0.25, 0.3) is 6.08 Å². The van der Waals surface area contributed by atoms with Crippen LogP contribution in [0.1, 0.15) is 12.0 Å². The first-order valence-corrected chi connectivity index (χ1v) is 7.34. The van der Waals surface area contributed by atoms with E-state index in [0.29, 0.717) is 0 Å². The fourth-order valence-corrected chi connectivity index (χ4v) is 3.12. The summed E-state index contributed by atoms with van der Waals surface area (Å²) in [4.78, 5) is 1.38. The minimum atomic E-state index is 0.787. The van der Waals surface area contributed by atoms with Gasteiger partial charge < -0.3 is 0 Å². The molecule has 0 N–H and O–H groups in total. The highest BCUT2D eigenvalue weighted by Crippen LogP contribution is 2.42. The van der Waals surface area contributed by atoms with E-state index in [1.807, 2.05) is 11.8 Å². The zero-order valence-corrected chi connectivity index (χ0v) is 11.1. The van der Waals surface area contributed by atoms with Crippen LogP contribution in [-0.4, -0.2) is 5.75 Å². The second-order valence-corrected chi connectivity index (χ2v) is 5.75. The molecule has 0 spiro atoms. The topological polar surface area (TPSA) is 0 Å². The van der Waals surface area contributed by atoms with Crippen LogP contribution in [0.4, 0.5) is 0 Å². The van der Waals surface area contributed by atoms with Crippen molar-refractivity contribution in [3.63, 3.8) is 0 Å². The zero-order valence-electron chi connectivity index (χ0n) is 10.3. The van der Waals surface area contributed by atoms with E-state index < -0.39 is 0 Å². The lowest BCUT2D eigenvalue weighted by atomic mass is 10.2. The maximum atomic E-state index is 2.34. The molecule has 2 aromatic rings. The molecule has 1 heteroatoms. The second-order valence-electron chi connectivity index (χ2n) is 4.66. The van der Waals surface area contributed by atoms with Crippen molar-refractivity contribution in [1.29, 1.82) is 0 Å². The Balaban J connectivity index is 1.54. The highest BCUT2D eigenvalue weighted by atomic mass is 32.2. The van der Waals surface area contributed by atoms with Crippen LogP contribution in [0.2, 0.25) is 0 Å². The Labute approximate surface area is 113 Å². The van der Waals surface area contributed by atoms with Crippen LogP contribution in [0.5, 0.6) is 0 Å². The molecule has 3 rings (SSSR count). The summed E-state index contributed by atoms with van der Waals surface area (Å²) >= 11 is 1.96. The predicted molar refractivity (Wildman–Crippen MR) is 79.7 cm³/mol. The van der Waals surface area contributed by atoms with Crippen LogP contribution in [0.15, 0.2) is 71.1 Å². The summed E-state index contributed by atoms with van der Waals surface area (Å²) in [5.41, 5.74) is 2.93. The lowest BCUT2D eigenvalue weighted by Crippen LogP contribution is -1.81. The standard InChI is InChI=1S/C17H16S/c1-3-7-14(8-4-1)11-15-12-16(15)13-18-17-9-5-2-6-10-17/h1-11,16H,12-13H2/b15-11-. The highest BCUT2D eigenvalue weighted by molar-refractivity contribution is 7.99. The third-order valence-corrected chi connectivity index (χ3v) is 4.37. The Morgan fingerprint density at radius 2 is 1.61 bits per heavy atom. The zero-order chi connectivity index (χ0) is 12.2. The van der Waals surface area contributed by atoms with Crippen molar-refractivity contribution in [2.24, 2.45) is 5.92 Å². The Morgan fingerprint density at radius 1 is 0.944 bits per heavy atom. The van der Waals surface area contributed by atoms with Gasteiger partial charge in [0.25, 0.3) is 0 Å². The molecule has 0 aliphatic heterocycles. The molecule has 1 atom stereocenters. The van der Waals surface area contributed by atoms with Crippen molar-refractivity contribution in [2.75, 3.05) is 5.75 Å². The maximum absolute atomic E-state index is 2.34. The Bertz CT molecular complexity index is 528. The molecule has 1 aliphatic rings. The summed E-state index contributed by atoms with van der Waals surface area (Å²) in [5.74, 6) is 2.00. The van der Waals surface area contributed by atoms with Gasteiger partial charge in [-0.2, -0.15) is 0 Å². The van der Waals surface area contributed by atoms with Crippen molar-refractivity contribution in [3.8, 4) is 0 Å². The van der Waals surface area contributed by atoms with Gasteiger partial charge in [-0.05, 0) is 30.0 Å². The molecule has 1 fully saturated rings. The average Bonchev–Trinajstić information content (AvgIpc) is 3.17. The normalized spacial score (nSPS) is 20.0. The number of thioether (sulfide) groups is 1. The van der Waals surface area contributed by atoms with Crippen molar-refractivity contribution in [2.45, 2.75) is 11.3 Å². The molecular formula is C17H16S. The molecule has 0 amide bonds. The van der Waals surface area contributed by atoms with Gasteiger partial charge in [0.15, 0.2) is 0 Å². The summed E-state index contributed by atoms with van der Waals surface area (Å²) < 4.78 is 0. The van der Waals surface area contributed by atoms with Gasteiger partial charge in [-0.1, -0.05) is 60.2 Å². The number of rotatable bonds is 4. The predicted octanol–water partition coefficient (Wildman–Crippen LogP) is 4.88. The highest BCUT2D eigenvalue weighted by Gasteiger charge is 2.28. The smallest absolute Gasteiger partial charge is 0.00721 e. The maximum Gasteiger partial charge on any atom is 0.00721 e. The molecule has 0 heterocycles. The van der Waals surface area contributed by atoms with E-state index in [4.69, 9.17) is 0 Å². The molecule has 0 aromatic heterocycles. The molecule has 90 valence electrons. The van der Waals surface area contributed by atoms with Crippen molar-refractivity contribution in [1.82, 2.24) is 0 Å². The van der Waals surface area contributed by atoms with Gasteiger partial charge in [0.1, 0.15) is 0 Å². The summed E-state index contributed by atoms with van der Waals surface area (Å²) in [5, 5.41) is 0. The fraction of sp³-hybridized carbons (Fsp3) is 0.176. The average molecular weight is 252 g/mol. The van der Waals surface area contributed by atoms with Gasteiger partial charge in [0.2, 0.25) is 0 Å². The minimum Gasteiger partial charge on any atom is -0.126 e. The summed E-state index contributed by atoms with van der Waals surface area (Å²) in [6.45, 7) is 0. The summed E-state index contributed by atoms with van der Waals surface area (Å²) in [6.07, 6.45) is 3.62. The quantitative estimate of drug-likeness (QED) is 0.699. The molecule has 1 saturated carbocycles. The Morgan fingerprint density at radius 3 is 2.33 bits per heavy atom. The van der Waals surface area contributed by atoms with Gasteiger partial charge in [-0.3, -0.25) is 0 Å². The molecule has 0 nitrogen and oxygen atoms in total. The van der Waals surface area contributed by atoms with E-state index in [2.05, 4.69) is 66.7 Å². The van der Waals surface area contributed by atoms with Gasteiger partial charge in [0, 0.05) is 10.6 Å². The van der Waals surface area contributed by atoms with E-state index in [1.54, 1.807) is 5.57 Å². The largest absolute Gasteiger partial charge is 0.126 e. The second kappa shape index (κ2) is 5.45. The monoisotopic (exact) mass is 252 g/mol. The minimum absolute atomic E-state index is 0.787. The number of allylic oxidation sites excluding steroid dienone is 1. The summed E-state index contributed by atoms with van der Waals surface area (Å²) in [6, 6.07) is 21.3. The lowest BCUT2D eigenvalue weighted by Gasteiger charge is -1.98. The van der Waals surface area contributed by atoms with Gasteiger partial charge in [0.05, 0.1) is 0 Å². The van der Waals surface area contributed by atoms with E-state index in [0.717, 1.165) is 5.92 Å². The van der Waals surface area contributed by atoms with Crippen LogP contribution in [-0.2, 0) is 0 Å². The fourth-order valence-electron chi connectivity index (χ4n) is 2.05. The van der Waals surface area contributed by atoms with Gasteiger partial charge in [-0.15, -0.1) is 11.8 Å². The first kappa shape index (κ1) is 11.6. The van der Waals surface area contributed by atoms with Crippen LogP contribution in [0, 0.1) is 5.92 Å². The molecule has 2 aromatic carbocycles. The third kappa shape index (κ3) is 3.05. The first-order chi connectivity index (χ1) is 8.92. The van der Waals surface area contributed by atoms with E-state index in [-0.39, 0.29) is 0 Å². The summed E-state index contributed by atoms with van der Waals surface area (Å²) in [7, 11) is 0. The van der Waals surface area contributed by atoms with Crippen LogP contribution < -0.4 is 0 Å². The van der Waals surface area contributed by atoms with Crippen molar-refractivity contribution < 1.29 is 0 Å².